The highest BCUT2D eigenvalue weighted by Gasteiger charge is 2.36. The van der Waals surface area contributed by atoms with E-state index in [0.29, 0.717) is 12.2 Å². The summed E-state index contributed by atoms with van der Waals surface area (Å²) >= 11 is 1.63. The van der Waals surface area contributed by atoms with Gasteiger partial charge in [-0.15, -0.1) is 11.8 Å². The smallest absolute Gasteiger partial charge is 0.244 e. The Kier molecular flexibility index (Phi) is 5.17. The molecule has 1 saturated heterocycles. The molecule has 1 aliphatic heterocycles. The number of carbonyl (C=O) groups excluding carboxylic acids is 1. The fourth-order valence-electron chi connectivity index (χ4n) is 2.74. The number of thioether (sulfide) groups is 1. The summed E-state index contributed by atoms with van der Waals surface area (Å²) in [4.78, 5) is 11.3. The largest absolute Gasteiger partial charge is 0.326 e. The molecule has 1 aliphatic rings. The van der Waals surface area contributed by atoms with Crippen LogP contribution in [0.15, 0.2) is 53.4 Å². The van der Waals surface area contributed by atoms with Crippen LogP contribution in [0.1, 0.15) is 23.4 Å². The number of nitrogens with zero attached hydrogens (tertiary/aromatic N) is 1. The van der Waals surface area contributed by atoms with E-state index in [2.05, 4.69) is 5.32 Å². The van der Waals surface area contributed by atoms with Gasteiger partial charge in [-0.1, -0.05) is 29.8 Å². The molecule has 0 aliphatic carbocycles. The SMILES string of the molecule is CC(=O)Nc1ccc(S(=O)(=O)N2CCS[C@@H]2c2ccc(C)cc2)cc1. The fraction of sp³-hybridized carbons (Fsp3) is 0.278. The van der Waals surface area contributed by atoms with Crippen LogP contribution in [0.2, 0.25) is 0 Å². The number of aryl methyl sites for hydroxylation is 1. The highest BCUT2D eigenvalue weighted by molar-refractivity contribution is 8.01. The zero-order valence-electron chi connectivity index (χ0n) is 14.1. The normalized spacial score (nSPS) is 18.2. The van der Waals surface area contributed by atoms with Crippen molar-refractivity contribution in [3.05, 3.63) is 59.7 Å². The molecule has 1 fully saturated rings. The van der Waals surface area contributed by atoms with Crippen molar-refractivity contribution >= 4 is 33.4 Å². The summed E-state index contributed by atoms with van der Waals surface area (Å²) in [5.74, 6) is 0.577. The van der Waals surface area contributed by atoms with E-state index >= 15 is 0 Å². The minimum Gasteiger partial charge on any atom is -0.326 e. The molecule has 7 heteroatoms. The van der Waals surface area contributed by atoms with E-state index in [1.807, 2.05) is 31.2 Å². The van der Waals surface area contributed by atoms with Crippen LogP contribution in [0.25, 0.3) is 0 Å². The van der Waals surface area contributed by atoms with Crippen molar-refractivity contribution in [3.8, 4) is 0 Å². The van der Waals surface area contributed by atoms with Gasteiger partial charge in [0.2, 0.25) is 15.9 Å². The van der Waals surface area contributed by atoms with E-state index in [4.69, 9.17) is 0 Å². The Labute approximate surface area is 152 Å². The van der Waals surface area contributed by atoms with Crippen LogP contribution in [0.4, 0.5) is 5.69 Å². The van der Waals surface area contributed by atoms with Crippen molar-refractivity contribution in [1.82, 2.24) is 4.31 Å². The minimum atomic E-state index is -3.59. The molecule has 25 heavy (non-hydrogen) atoms. The molecule has 1 amide bonds. The van der Waals surface area contributed by atoms with Gasteiger partial charge in [-0.3, -0.25) is 4.79 Å². The molecule has 3 rings (SSSR count). The van der Waals surface area contributed by atoms with Crippen molar-refractivity contribution < 1.29 is 13.2 Å². The second-order valence-corrected chi connectivity index (χ2v) is 9.03. The molecule has 0 radical (unpaired) electrons. The lowest BCUT2D eigenvalue weighted by molar-refractivity contribution is -0.114. The average molecular weight is 377 g/mol. The predicted octanol–water partition coefficient (Wildman–Crippen LogP) is 3.39. The molecule has 0 aromatic heterocycles. The monoisotopic (exact) mass is 376 g/mol. The van der Waals surface area contributed by atoms with Gasteiger partial charge in [0.25, 0.3) is 0 Å². The van der Waals surface area contributed by atoms with Crippen molar-refractivity contribution in [2.75, 3.05) is 17.6 Å². The van der Waals surface area contributed by atoms with E-state index in [1.165, 1.54) is 19.1 Å². The number of hydrogen-bond acceptors (Lipinski definition) is 4. The van der Waals surface area contributed by atoms with E-state index in [-0.39, 0.29) is 16.2 Å². The van der Waals surface area contributed by atoms with Crippen molar-refractivity contribution in [3.63, 3.8) is 0 Å². The van der Waals surface area contributed by atoms with Gasteiger partial charge in [0.1, 0.15) is 0 Å². The van der Waals surface area contributed by atoms with Crippen LogP contribution in [-0.4, -0.2) is 30.9 Å². The van der Waals surface area contributed by atoms with Gasteiger partial charge in [0.05, 0.1) is 10.3 Å². The maximum atomic E-state index is 13.0. The number of anilines is 1. The molecule has 132 valence electrons. The Morgan fingerprint density at radius 2 is 1.76 bits per heavy atom. The Hall–Kier alpha value is -1.83. The second-order valence-electron chi connectivity index (χ2n) is 5.96. The van der Waals surface area contributed by atoms with Crippen LogP contribution in [0.3, 0.4) is 0 Å². The highest BCUT2D eigenvalue weighted by atomic mass is 32.2. The Bertz CT molecular complexity index is 862. The molecular formula is C18H20N2O3S2. The standard InChI is InChI=1S/C18H20N2O3S2/c1-13-3-5-15(6-4-13)18-20(11-12-24-18)25(22,23)17-9-7-16(8-10-17)19-14(2)21/h3-10,18H,11-12H2,1-2H3,(H,19,21)/t18-/m1/s1. The number of sulfonamides is 1. The maximum Gasteiger partial charge on any atom is 0.244 e. The van der Waals surface area contributed by atoms with Gasteiger partial charge in [-0.25, -0.2) is 8.42 Å². The van der Waals surface area contributed by atoms with E-state index < -0.39 is 10.0 Å². The van der Waals surface area contributed by atoms with Gasteiger partial charge in [0.15, 0.2) is 0 Å². The molecule has 2 aromatic carbocycles. The van der Waals surface area contributed by atoms with Gasteiger partial charge >= 0.3 is 0 Å². The zero-order valence-corrected chi connectivity index (χ0v) is 15.7. The third-order valence-electron chi connectivity index (χ3n) is 3.99. The van der Waals surface area contributed by atoms with Crippen LogP contribution < -0.4 is 5.32 Å². The van der Waals surface area contributed by atoms with Crippen molar-refractivity contribution in [2.24, 2.45) is 0 Å². The first-order valence-electron chi connectivity index (χ1n) is 7.95. The molecule has 5 nitrogen and oxygen atoms in total. The van der Waals surface area contributed by atoms with E-state index in [1.54, 1.807) is 28.2 Å². The lowest BCUT2D eigenvalue weighted by Gasteiger charge is -2.23. The number of carbonyl (C=O) groups is 1. The Morgan fingerprint density at radius 1 is 1.12 bits per heavy atom. The molecule has 0 unspecified atom stereocenters. The van der Waals surface area contributed by atoms with Gasteiger partial charge < -0.3 is 5.32 Å². The molecule has 2 aromatic rings. The summed E-state index contributed by atoms with van der Waals surface area (Å²) in [6.07, 6.45) is 0. The number of hydrogen-bond donors (Lipinski definition) is 1. The third-order valence-corrected chi connectivity index (χ3v) is 7.27. The van der Waals surface area contributed by atoms with Crippen molar-refractivity contribution in [2.45, 2.75) is 24.1 Å². The summed E-state index contributed by atoms with van der Waals surface area (Å²) < 4.78 is 27.6. The van der Waals surface area contributed by atoms with Crippen LogP contribution in [0.5, 0.6) is 0 Å². The zero-order chi connectivity index (χ0) is 18.0. The molecule has 1 N–H and O–H groups in total. The lowest BCUT2D eigenvalue weighted by atomic mass is 10.1. The molecule has 1 atom stereocenters. The van der Waals surface area contributed by atoms with Gasteiger partial charge in [-0.05, 0) is 36.8 Å². The summed E-state index contributed by atoms with van der Waals surface area (Å²) in [6, 6.07) is 14.3. The number of nitrogens with one attached hydrogen (secondary N) is 1. The number of benzene rings is 2. The lowest BCUT2D eigenvalue weighted by Crippen LogP contribution is -2.30. The third kappa shape index (κ3) is 3.89. The minimum absolute atomic E-state index is 0.189. The fourth-order valence-corrected chi connectivity index (χ4v) is 5.98. The van der Waals surface area contributed by atoms with E-state index in [9.17, 15) is 13.2 Å². The van der Waals surface area contributed by atoms with Crippen LogP contribution in [-0.2, 0) is 14.8 Å². The number of amides is 1. The van der Waals surface area contributed by atoms with Crippen molar-refractivity contribution in [1.29, 1.82) is 0 Å². The second kappa shape index (κ2) is 7.19. The first-order chi connectivity index (χ1) is 11.9. The predicted molar refractivity (Wildman–Crippen MR) is 101 cm³/mol. The summed E-state index contributed by atoms with van der Waals surface area (Å²) in [5, 5.41) is 2.43. The molecule has 1 heterocycles. The van der Waals surface area contributed by atoms with Crippen LogP contribution >= 0.6 is 11.8 Å². The Morgan fingerprint density at radius 3 is 2.36 bits per heavy atom. The molecule has 0 saturated carbocycles. The molecule has 0 spiro atoms. The summed E-state index contributed by atoms with van der Waals surface area (Å²) in [5.41, 5.74) is 2.72. The first kappa shape index (κ1) is 18.0. The highest BCUT2D eigenvalue weighted by Crippen LogP contribution is 2.41. The summed E-state index contributed by atoms with van der Waals surface area (Å²) in [7, 11) is -3.59. The maximum absolute atomic E-state index is 13.0. The number of rotatable bonds is 4. The molecule has 0 bridgehead atoms. The molecular weight excluding hydrogens is 356 g/mol. The average Bonchev–Trinajstić information content (AvgIpc) is 3.06. The topological polar surface area (TPSA) is 66.5 Å². The Balaban J connectivity index is 1.87. The van der Waals surface area contributed by atoms with Gasteiger partial charge in [0, 0.05) is 24.9 Å². The quantitative estimate of drug-likeness (QED) is 0.888. The first-order valence-corrected chi connectivity index (χ1v) is 10.4. The van der Waals surface area contributed by atoms with Gasteiger partial charge in [-0.2, -0.15) is 4.31 Å². The van der Waals surface area contributed by atoms with E-state index in [0.717, 1.165) is 16.9 Å². The summed E-state index contributed by atoms with van der Waals surface area (Å²) in [6.45, 7) is 3.91. The van der Waals surface area contributed by atoms with Crippen LogP contribution in [0, 0.1) is 6.92 Å².